The van der Waals surface area contributed by atoms with Crippen molar-refractivity contribution in [1.29, 1.82) is 0 Å². The molecule has 7 nitrogen and oxygen atoms in total. The summed E-state index contributed by atoms with van der Waals surface area (Å²) in [5.41, 5.74) is 16.1. The van der Waals surface area contributed by atoms with E-state index in [4.69, 9.17) is 11.5 Å². The van der Waals surface area contributed by atoms with E-state index in [2.05, 4.69) is 21.4 Å². The predicted octanol–water partition coefficient (Wildman–Crippen LogP) is 2.17. The molecule has 0 spiro atoms. The largest absolute Gasteiger partial charge is 0.396 e. The number of rotatable bonds is 2. The summed E-state index contributed by atoms with van der Waals surface area (Å²) in [6.45, 7) is 1.98. The van der Waals surface area contributed by atoms with Gasteiger partial charge in [-0.2, -0.15) is 5.10 Å². The molecule has 25 heavy (non-hydrogen) atoms. The van der Waals surface area contributed by atoms with Crippen LogP contribution in [0.25, 0.3) is 32.9 Å². The van der Waals surface area contributed by atoms with E-state index in [9.17, 15) is 4.79 Å². The summed E-state index contributed by atoms with van der Waals surface area (Å²) < 4.78 is 1.86. The van der Waals surface area contributed by atoms with Crippen LogP contribution in [-0.2, 0) is 7.05 Å². The highest BCUT2D eigenvalue weighted by atomic mass is 16.1. The number of anilines is 1. The highest BCUT2D eigenvalue weighted by Crippen LogP contribution is 2.32. The standard InChI is InChI=1S/C18H16N6O/c1-9-13-8-10(6-7-14(13)24(2)23-9)11-4-3-5-12-15(19)17(18(20)25)22-21-16(11)12/h3-8H,1-2H3,(H2,19,21)(H2,20,25). The third-order valence-electron chi connectivity index (χ3n) is 4.41. The van der Waals surface area contributed by atoms with Crippen molar-refractivity contribution in [2.45, 2.75) is 6.92 Å². The molecule has 0 saturated carbocycles. The Morgan fingerprint density at radius 3 is 2.68 bits per heavy atom. The van der Waals surface area contributed by atoms with E-state index >= 15 is 0 Å². The van der Waals surface area contributed by atoms with E-state index in [0.717, 1.165) is 27.7 Å². The lowest BCUT2D eigenvalue weighted by atomic mass is 9.99. The molecule has 7 heteroatoms. The van der Waals surface area contributed by atoms with Gasteiger partial charge in [-0.15, -0.1) is 10.2 Å². The number of carbonyl (C=O) groups is 1. The quantitative estimate of drug-likeness (QED) is 0.584. The van der Waals surface area contributed by atoms with Crippen LogP contribution < -0.4 is 11.5 Å². The first-order valence-corrected chi connectivity index (χ1v) is 7.76. The van der Waals surface area contributed by atoms with Crippen molar-refractivity contribution >= 4 is 33.4 Å². The number of aryl methyl sites for hydroxylation is 2. The second-order valence-electron chi connectivity index (χ2n) is 5.97. The predicted molar refractivity (Wildman–Crippen MR) is 96.9 cm³/mol. The fourth-order valence-electron chi connectivity index (χ4n) is 3.17. The minimum Gasteiger partial charge on any atom is -0.396 e. The summed E-state index contributed by atoms with van der Waals surface area (Å²) in [5.74, 6) is -0.690. The Bertz CT molecular complexity index is 1160. The van der Waals surface area contributed by atoms with E-state index in [0.29, 0.717) is 10.9 Å². The van der Waals surface area contributed by atoms with Crippen LogP contribution in [0.15, 0.2) is 36.4 Å². The zero-order valence-corrected chi connectivity index (χ0v) is 13.8. The number of amides is 1. The Kier molecular flexibility index (Phi) is 3.18. The lowest BCUT2D eigenvalue weighted by Gasteiger charge is -2.09. The molecule has 0 aliphatic heterocycles. The third kappa shape index (κ3) is 2.20. The molecule has 0 saturated heterocycles. The summed E-state index contributed by atoms with van der Waals surface area (Å²) in [5, 5.41) is 14.3. The zero-order valence-electron chi connectivity index (χ0n) is 13.8. The molecule has 2 aromatic carbocycles. The average molecular weight is 332 g/mol. The van der Waals surface area contributed by atoms with Crippen molar-refractivity contribution in [2.24, 2.45) is 12.8 Å². The summed E-state index contributed by atoms with van der Waals surface area (Å²) in [7, 11) is 1.92. The number of hydrogen-bond acceptors (Lipinski definition) is 5. The monoisotopic (exact) mass is 332 g/mol. The molecule has 4 N–H and O–H groups in total. The number of benzene rings is 2. The van der Waals surface area contributed by atoms with E-state index in [-0.39, 0.29) is 11.4 Å². The van der Waals surface area contributed by atoms with Crippen LogP contribution in [-0.4, -0.2) is 25.9 Å². The maximum Gasteiger partial charge on any atom is 0.271 e. The highest BCUT2D eigenvalue weighted by molar-refractivity contribution is 6.07. The molecular weight excluding hydrogens is 316 g/mol. The molecule has 0 aliphatic rings. The molecule has 0 aliphatic carbocycles. The van der Waals surface area contributed by atoms with Crippen LogP contribution in [0.1, 0.15) is 16.2 Å². The van der Waals surface area contributed by atoms with Crippen LogP contribution in [0.2, 0.25) is 0 Å². The van der Waals surface area contributed by atoms with Crippen molar-refractivity contribution in [3.63, 3.8) is 0 Å². The van der Waals surface area contributed by atoms with Gasteiger partial charge < -0.3 is 11.5 Å². The van der Waals surface area contributed by atoms with Gasteiger partial charge in [0.1, 0.15) is 5.52 Å². The van der Waals surface area contributed by atoms with Crippen LogP contribution in [0, 0.1) is 6.92 Å². The summed E-state index contributed by atoms with van der Waals surface area (Å²) >= 11 is 0. The van der Waals surface area contributed by atoms with Crippen LogP contribution in [0.5, 0.6) is 0 Å². The van der Waals surface area contributed by atoms with Gasteiger partial charge in [0, 0.05) is 23.4 Å². The first-order chi connectivity index (χ1) is 12.0. The molecule has 124 valence electrons. The molecule has 4 aromatic rings. The number of hydrogen-bond donors (Lipinski definition) is 2. The van der Waals surface area contributed by atoms with Crippen LogP contribution in [0.4, 0.5) is 5.69 Å². The molecule has 0 bridgehead atoms. The smallest absolute Gasteiger partial charge is 0.271 e. The van der Waals surface area contributed by atoms with Crippen molar-refractivity contribution in [2.75, 3.05) is 5.73 Å². The lowest BCUT2D eigenvalue weighted by molar-refractivity contribution is 0.0996. The third-order valence-corrected chi connectivity index (χ3v) is 4.41. The normalized spacial score (nSPS) is 11.3. The van der Waals surface area contributed by atoms with Gasteiger partial charge in [-0.25, -0.2) is 0 Å². The van der Waals surface area contributed by atoms with Crippen molar-refractivity contribution in [1.82, 2.24) is 20.0 Å². The number of nitrogens with two attached hydrogens (primary N) is 2. The highest BCUT2D eigenvalue weighted by Gasteiger charge is 2.15. The Morgan fingerprint density at radius 1 is 1.12 bits per heavy atom. The number of aromatic nitrogens is 4. The maximum atomic E-state index is 11.4. The average Bonchev–Trinajstić information content (AvgIpc) is 2.88. The molecule has 4 rings (SSSR count). The second-order valence-corrected chi connectivity index (χ2v) is 5.97. The summed E-state index contributed by atoms with van der Waals surface area (Å²) in [6.07, 6.45) is 0. The van der Waals surface area contributed by atoms with Crippen LogP contribution >= 0.6 is 0 Å². The molecule has 0 atom stereocenters. The van der Waals surface area contributed by atoms with Crippen molar-refractivity contribution < 1.29 is 4.79 Å². The molecule has 2 heterocycles. The number of nitrogen functional groups attached to an aromatic ring is 1. The van der Waals surface area contributed by atoms with Crippen LogP contribution in [0.3, 0.4) is 0 Å². The fraction of sp³-hybridized carbons (Fsp3) is 0.111. The summed E-state index contributed by atoms with van der Waals surface area (Å²) in [4.78, 5) is 11.4. The van der Waals surface area contributed by atoms with Gasteiger partial charge in [-0.3, -0.25) is 9.48 Å². The minimum absolute atomic E-state index is 0.0109. The Balaban J connectivity index is 2.00. The Labute approximate surface area is 143 Å². The van der Waals surface area contributed by atoms with Gasteiger partial charge in [0.15, 0.2) is 5.69 Å². The van der Waals surface area contributed by atoms with E-state index in [1.165, 1.54) is 0 Å². The Morgan fingerprint density at radius 2 is 1.92 bits per heavy atom. The SMILES string of the molecule is Cc1nn(C)c2ccc(-c3cccc4c(N)c(C(N)=O)nnc34)cc12. The molecule has 0 radical (unpaired) electrons. The topological polar surface area (TPSA) is 113 Å². The number of carbonyl (C=O) groups excluding carboxylic acids is 1. The molecular formula is C18H16N6O. The van der Waals surface area contributed by atoms with Gasteiger partial charge in [-0.1, -0.05) is 24.3 Å². The first-order valence-electron chi connectivity index (χ1n) is 7.76. The lowest BCUT2D eigenvalue weighted by Crippen LogP contribution is -2.16. The second kappa shape index (κ2) is 5.27. The number of fused-ring (bicyclic) bond motifs is 2. The fourth-order valence-corrected chi connectivity index (χ4v) is 3.17. The molecule has 1 amide bonds. The zero-order chi connectivity index (χ0) is 17.7. The number of nitrogens with zero attached hydrogens (tertiary/aromatic N) is 4. The first kappa shape index (κ1) is 15.1. The number of primary amides is 1. The summed E-state index contributed by atoms with van der Waals surface area (Å²) in [6, 6.07) is 11.7. The van der Waals surface area contributed by atoms with Gasteiger partial charge >= 0.3 is 0 Å². The Hall–Kier alpha value is -3.48. The van der Waals surface area contributed by atoms with Crippen molar-refractivity contribution in [3.05, 3.63) is 47.8 Å². The van der Waals surface area contributed by atoms with Gasteiger partial charge in [0.2, 0.25) is 0 Å². The molecule has 2 aromatic heterocycles. The van der Waals surface area contributed by atoms with Crippen molar-refractivity contribution in [3.8, 4) is 11.1 Å². The van der Waals surface area contributed by atoms with Gasteiger partial charge in [-0.05, 0) is 24.6 Å². The van der Waals surface area contributed by atoms with E-state index in [1.807, 2.05) is 49.0 Å². The maximum absolute atomic E-state index is 11.4. The van der Waals surface area contributed by atoms with Gasteiger partial charge in [0.25, 0.3) is 5.91 Å². The van der Waals surface area contributed by atoms with Gasteiger partial charge in [0.05, 0.1) is 16.9 Å². The van der Waals surface area contributed by atoms with E-state index in [1.54, 1.807) is 0 Å². The molecule has 0 unspecified atom stereocenters. The minimum atomic E-state index is -0.690. The molecule has 0 fully saturated rings. The van der Waals surface area contributed by atoms with E-state index < -0.39 is 5.91 Å².